The van der Waals surface area contributed by atoms with E-state index < -0.39 is 22.9 Å². The minimum Gasteiger partial charge on any atom is -0.474 e. The maximum absolute atomic E-state index is 12.2. The molecule has 1 atom stereocenters. The Morgan fingerprint density at radius 3 is 2.45 bits per heavy atom. The lowest BCUT2D eigenvalue weighted by Crippen LogP contribution is -2.48. The molecule has 164 valence electrons. The number of hydrogen-bond acceptors (Lipinski definition) is 7. The summed E-state index contributed by atoms with van der Waals surface area (Å²) < 4.78 is 10.3. The summed E-state index contributed by atoms with van der Waals surface area (Å²) >= 11 is 5.11. The standard InChI is InChI=1S/C20H22N4O6S/c1-4-29-19(26)14-6-8-15(9-7-14)21-20(31)23-22-18(25)13(3)30-17-10-5-12(2)11-16(17)24(27)28/h5-11,13H,4H2,1-3H3,(H,22,25)(H2,21,23,31)/t13-/m0/s1. The first-order valence-corrected chi connectivity index (χ1v) is 9.67. The fraction of sp³-hybridized carbons (Fsp3) is 0.250. The van der Waals surface area contributed by atoms with E-state index in [0.717, 1.165) is 0 Å². The Kier molecular flexibility index (Phi) is 8.26. The summed E-state index contributed by atoms with van der Waals surface area (Å²) in [5.41, 5.74) is 6.34. The number of nitro groups is 1. The number of anilines is 1. The van der Waals surface area contributed by atoms with Gasteiger partial charge in [-0.05, 0) is 68.9 Å². The zero-order valence-electron chi connectivity index (χ0n) is 17.1. The van der Waals surface area contributed by atoms with E-state index in [0.29, 0.717) is 16.8 Å². The Morgan fingerprint density at radius 1 is 1.16 bits per heavy atom. The number of ether oxygens (including phenoxy) is 2. The summed E-state index contributed by atoms with van der Waals surface area (Å²) in [4.78, 5) is 34.5. The number of benzene rings is 2. The van der Waals surface area contributed by atoms with Crippen molar-refractivity contribution in [1.29, 1.82) is 0 Å². The molecule has 0 saturated heterocycles. The molecule has 0 spiro atoms. The third kappa shape index (κ3) is 6.93. The molecule has 0 unspecified atom stereocenters. The summed E-state index contributed by atoms with van der Waals surface area (Å²) in [6, 6.07) is 10.9. The highest BCUT2D eigenvalue weighted by molar-refractivity contribution is 7.80. The van der Waals surface area contributed by atoms with Crippen molar-refractivity contribution in [2.75, 3.05) is 11.9 Å². The van der Waals surface area contributed by atoms with E-state index in [4.69, 9.17) is 21.7 Å². The maximum atomic E-state index is 12.2. The van der Waals surface area contributed by atoms with E-state index >= 15 is 0 Å². The number of hydrazine groups is 1. The summed E-state index contributed by atoms with van der Waals surface area (Å²) in [6.45, 7) is 5.17. The monoisotopic (exact) mass is 446 g/mol. The van der Waals surface area contributed by atoms with Crippen LogP contribution in [0.5, 0.6) is 5.75 Å². The van der Waals surface area contributed by atoms with Gasteiger partial charge in [0, 0.05) is 11.8 Å². The first-order valence-electron chi connectivity index (χ1n) is 9.27. The maximum Gasteiger partial charge on any atom is 0.338 e. The highest BCUT2D eigenvalue weighted by Gasteiger charge is 2.21. The number of amides is 1. The van der Waals surface area contributed by atoms with E-state index in [9.17, 15) is 19.7 Å². The second-order valence-corrected chi connectivity index (χ2v) is 6.76. The van der Waals surface area contributed by atoms with Crippen LogP contribution >= 0.6 is 12.2 Å². The number of carbonyl (C=O) groups is 2. The predicted octanol–water partition coefficient (Wildman–Crippen LogP) is 2.87. The van der Waals surface area contributed by atoms with Gasteiger partial charge in [-0.25, -0.2) is 4.79 Å². The van der Waals surface area contributed by atoms with Gasteiger partial charge in [0.15, 0.2) is 17.0 Å². The molecule has 0 heterocycles. The Labute approximate surface area is 184 Å². The average Bonchev–Trinajstić information content (AvgIpc) is 2.73. The zero-order chi connectivity index (χ0) is 23.0. The van der Waals surface area contributed by atoms with Crippen molar-refractivity contribution >= 4 is 40.6 Å². The minimum absolute atomic E-state index is 0.0133. The fourth-order valence-corrected chi connectivity index (χ4v) is 2.57. The summed E-state index contributed by atoms with van der Waals surface area (Å²) in [5.74, 6) is -1.03. The second kappa shape index (κ2) is 10.9. The predicted molar refractivity (Wildman–Crippen MR) is 118 cm³/mol. The van der Waals surface area contributed by atoms with Crippen LogP contribution in [0.3, 0.4) is 0 Å². The van der Waals surface area contributed by atoms with Gasteiger partial charge in [-0.2, -0.15) is 0 Å². The van der Waals surface area contributed by atoms with Gasteiger partial charge in [-0.15, -0.1) is 0 Å². The smallest absolute Gasteiger partial charge is 0.338 e. The number of rotatable bonds is 7. The molecule has 2 aromatic rings. The first-order chi connectivity index (χ1) is 14.7. The van der Waals surface area contributed by atoms with Crippen LogP contribution in [0.2, 0.25) is 0 Å². The first kappa shape index (κ1) is 23.5. The third-order valence-corrected chi connectivity index (χ3v) is 4.14. The van der Waals surface area contributed by atoms with Crippen molar-refractivity contribution in [2.24, 2.45) is 0 Å². The number of thiocarbonyl (C=S) groups is 1. The molecule has 0 aromatic heterocycles. The number of nitro benzene ring substituents is 1. The van der Waals surface area contributed by atoms with Crippen LogP contribution in [-0.2, 0) is 9.53 Å². The van der Waals surface area contributed by atoms with Crippen molar-refractivity contribution in [3.63, 3.8) is 0 Å². The normalized spacial score (nSPS) is 11.1. The second-order valence-electron chi connectivity index (χ2n) is 6.35. The van der Waals surface area contributed by atoms with Crippen LogP contribution in [0.15, 0.2) is 42.5 Å². The highest BCUT2D eigenvalue weighted by Crippen LogP contribution is 2.28. The van der Waals surface area contributed by atoms with Gasteiger partial charge in [0.25, 0.3) is 5.91 Å². The topological polar surface area (TPSA) is 132 Å². The van der Waals surface area contributed by atoms with Crippen molar-refractivity contribution in [1.82, 2.24) is 10.9 Å². The van der Waals surface area contributed by atoms with Gasteiger partial charge in [-0.3, -0.25) is 25.8 Å². The molecule has 3 N–H and O–H groups in total. The molecule has 0 fully saturated rings. The lowest BCUT2D eigenvalue weighted by molar-refractivity contribution is -0.386. The van der Waals surface area contributed by atoms with E-state index in [2.05, 4.69) is 16.2 Å². The molecule has 0 saturated carbocycles. The zero-order valence-corrected chi connectivity index (χ0v) is 17.9. The van der Waals surface area contributed by atoms with Crippen LogP contribution < -0.4 is 20.9 Å². The van der Waals surface area contributed by atoms with Crippen LogP contribution in [0.4, 0.5) is 11.4 Å². The Balaban J connectivity index is 1.87. The molecule has 0 aliphatic rings. The fourth-order valence-electron chi connectivity index (χ4n) is 2.40. The quantitative estimate of drug-likeness (QED) is 0.254. The number of hydrogen-bond donors (Lipinski definition) is 3. The molecule has 2 rings (SSSR count). The minimum atomic E-state index is -1.03. The Hall–Kier alpha value is -3.73. The molecule has 0 bridgehead atoms. The molecule has 10 nitrogen and oxygen atoms in total. The molecule has 0 aliphatic heterocycles. The molecular weight excluding hydrogens is 424 g/mol. The number of nitrogens with one attached hydrogen (secondary N) is 3. The number of esters is 1. The van der Waals surface area contributed by atoms with Gasteiger partial charge in [0.1, 0.15) is 0 Å². The van der Waals surface area contributed by atoms with E-state index in [1.54, 1.807) is 44.2 Å². The van der Waals surface area contributed by atoms with Crippen molar-refractivity contribution < 1.29 is 24.0 Å². The third-order valence-electron chi connectivity index (χ3n) is 3.94. The van der Waals surface area contributed by atoms with Gasteiger partial charge in [-0.1, -0.05) is 6.07 Å². The lowest BCUT2D eigenvalue weighted by Gasteiger charge is -2.16. The molecule has 31 heavy (non-hydrogen) atoms. The van der Waals surface area contributed by atoms with Crippen LogP contribution in [0.1, 0.15) is 29.8 Å². The Morgan fingerprint density at radius 2 is 1.84 bits per heavy atom. The number of nitrogens with zero attached hydrogens (tertiary/aromatic N) is 1. The summed E-state index contributed by atoms with van der Waals surface area (Å²) in [6.07, 6.45) is -1.03. The van der Waals surface area contributed by atoms with Crippen LogP contribution in [0, 0.1) is 17.0 Å². The van der Waals surface area contributed by atoms with Crippen molar-refractivity contribution in [3.05, 3.63) is 63.7 Å². The van der Waals surface area contributed by atoms with E-state index in [1.165, 1.54) is 19.1 Å². The summed E-state index contributed by atoms with van der Waals surface area (Å²) in [7, 11) is 0. The van der Waals surface area contributed by atoms with Gasteiger partial charge >= 0.3 is 11.7 Å². The van der Waals surface area contributed by atoms with Crippen molar-refractivity contribution in [3.8, 4) is 5.75 Å². The number of carbonyl (C=O) groups excluding carboxylic acids is 2. The average molecular weight is 446 g/mol. The molecule has 0 aliphatic carbocycles. The van der Waals surface area contributed by atoms with Gasteiger partial charge in [0.05, 0.1) is 17.1 Å². The van der Waals surface area contributed by atoms with Crippen molar-refractivity contribution in [2.45, 2.75) is 26.9 Å². The molecule has 0 radical (unpaired) electrons. The van der Waals surface area contributed by atoms with Crippen LogP contribution in [0.25, 0.3) is 0 Å². The van der Waals surface area contributed by atoms with Gasteiger partial charge < -0.3 is 14.8 Å². The van der Waals surface area contributed by atoms with E-state index in [1.807, 2.05) is 0 Å². The SMILES string of the molecule is CCOC(=O)c1ccc(NC(=S)NNC(=O)[C@H](C)Oc2ccc(C)cc2[N+](=O)[O-])cc1. The molecule has 11 heteroatoms. The van der Waals surface area contributed by atoms with E-state index in [-0.39, 0.29) is 23.2 Å². The van der Waals surface area contributed by atoms with Gasteiger partial charge in [0.2, 0.25) is 0 Å². The Bertz CT molecular complexity index is 980. The highest BCUT2D eigenvalue weighted by atomic mass is 32.1. The molecular formula is C20H22N4O6S. The van der Waals surface area contributed by atoms with Crippen LogP contribution in [-0.4, -0.2) is 34.6 Å². The lowest BCUT2D eigenvalue weighted by atomic mass is 10.2. The molecule has 1 amide bonds. The largest absolute Gasteiger partial charge is 0.474 e. The number of aryl methyl sites for hydroxylation is 1. The molecule has 2 aromatic carbocycles. The summed E-state index contributed by atoms with van der Waals surface area (Å²) in [5, 5.41) is 14.1.